The molecular weight excluding hydrogens is 1010 g/mol. The molecule has 79 heavy (non-hydrogen) atoms. The molecule has 15 rings (SSSR count). The molecule has 1 aromatic heterocycles. The number of thioether (sulfide) groups is 1. The van der Waals surface area contributed by atoms with E-state index in [1.807, 2.05) is 11.8 Å². The van der Waals surface area contributed by atoms with Crippen molar-refractivity contribution in [2.24, 2.45) is 0 Å². The van der Waals surface area contributed by atoms with Crippen molar-refractivity contribution in [2.75, 3.05) is 15.6 Å². The van der Waals surface area contributed by atoms with E-state index in [9.17, 15) is 0 Å². The van der Waals surface area contributed by atoms with E-state index < -0.39 is 16.1 Å². The second-order valence-corrected chi connectivity index (χ2v) is 29.3. The molecule has 374 valence electrons. The summed E-state index contributed by atoms with van der Waals surface area (Å²) in [5, 5.41) is 13.4. The number of hydrogen-bond donors (Lipinski definition) is 0. The second kappa shape index (κ2) is 19.1. The number of aromatic nitrogens is 1. The first-order valence-corrected chi connectivity index (χ1v) is 32.2. The van der Waals surface area contributed by atoms with Gasteiger partial charge in [-0.2, -0.15) is 0 Å². The third-order valence-electron chi connectivity index (χ3n) is 16.7. The minimum atomic E-state index is -2.89. The highest BCUT2D eigenvalue weighted by Crippen LogP contribution is 2.45. The quantitative estimate of drug-likeness (QED) is 0.148. The summed E-state index contributed by atoms with van der Waals surface area (Å²) < 4.78 is 2.51. The van der Waals surface area contributed by atoms with Gasteiger partial charge < -0.3 is 14.4 Å². The van der Waals surface area contributed by atoms with E-state index in [0.29, 0.717) is 5.75 Å². The van der Waals surface area contributed by atoms with Crippen molar-refractivity contribution in [1.29, 1.82) is 0 Å². The lowest BCUT2D eigenvalue weighted by atomic mass is 10.0. The third kappa shape index (κ3) is 7.18. The highest BCUT2D eigenvalue weighted by atomic mass is 32.2. The number of hydrogen-bond acceptors (Lipinski definition) is 3. The van der Waals surface area contributed by atoms with Crippen LogP contribution in [0.2, 0.25) is 0 Å². The van der Waals surface area contributed by atoms with Gasteiger partial charge in [0.15, 0.2) is 16.1 Å². The largest absolute Gasteiger partial charge is 0.312 e. The van der Waals surface area contributed by atoms with Crippen LogP contribution < -0.4 is 51.3 Å². The number of allylic oxidation sites excluding steroid dienone is 3. The molecular formula is C73H53N3SSi2. The zero-order valence-electron chi connectivity index (χ0n) is 43.5. The predicted molar refractivity (Wildman–Crippen MR) is 342 cm³/mol. The fourth-order valence-electron chi connectivity index (χ4n) is 13.6. The molecule has 0 fully saturated rings. The minimum Gasteiger partial charge on any atom is -0.312 e. The van der Waals surface area contributed by atoms with Gasteiger partial charge in [0, 0.05) is 61.3 Å². The van der Waals surface area contributed by atoms with Gasteiger partial charge in [-0.15, -0.1) is 11.8 Å². The topological polar surface area (TPSA) is 11.4 Å². The van der Waals surface area contributed by atoms with Crippen LogP contribution in [0.25, 0.3) is 33.1 Å². The smallest absolute Gasteiger partial charge is 0.184 e. The molecule has 0 amide bonds. The fraction of sp³-hybridized carbons (Fsp3) is 0.0137. The Kier molecular flexibility index (Phi) is 11.4. The summed E-state index contributed by atoms with van der Waals surface area (Å²) in [6.07, 6.45) is 4.84. The van der Waals surface area contributed by atoms with Crippen LogP contribution in [0.3, 0.4) is 0 Å². The Morgan fingerprint density at radius 3 is 1.15 bits per heavy atom. The highest BCUT2D eigenvalue weighted by molar-refractivity contribution is 7.99. The van der Waals surface area contributed by atoms with Crippen LogP contribution in [-0.4, -0.2) is 26.5 Å². The van der Waals surface area contributed by atoms with E-state index >= 15 is 0 Å². The maximum atomic E-state index is 5.09. The summed E-state index contributed by atoms with van der Waals surface area (Å²) in [5.74, 6) is 0.709. The number of rotatable bonds is 7. The van der Waals surface area contributed by atoms with E-state index in [0.717, 1.165) is 22.5 Å². The summed E-state index contributed by atoms with van der Waals surface area (Å²) in [6, 6.07) is 107. The van der Waals surface area contributed by atoms with Gasteiger partial charge in [-0.25, -0.2) is 0 Å². The highest BCUT2D eigenvalue weighted by Gasteiger charge is 2.50. The number of para-hydroxylation sites is 6. The molecule has 0 N–H and O–H groups in total. The monoisotopic (exact) mass is 1060 g/mol. The standard InChI is InChI=1S/C73H53N3SSi2/c1-52-48-54(75-67-40-20-24-44-72(67)79(58-30-10-4-11-31-58,59-32-12-5-13-33-59)73-45-25-21-41-68(73)75)49-55(76-63-36-16-14-34-60(63)61-35-15-17-37-64(61)76)51-77-69-47-46-53(50-62(52)69)74-65-38-18-22-42-70(65)78(56-26-6-2-7-27-56,57-28-8-3-9-29-57)71-43-23-19-39-66(71)74/h2-50H,1,51H2/b54-48+,55-49+. The normalized spacial score (nSPS) is 16.4. The lowest BCUT2D eigenvalue weighted by Gasteiger charge is -2.45. The van der Waals surface area contributed by atoms with Gasteiger partial charge in [-0.1, -0.05) is 237 Å². The molecule has 6 heteroatoms. The number of fused-ring (bicyclic) bond motifs is 8. The molecule has 0 atom stereocenters. The Morgan fingerprint density at radius 1 is 0.354 bits per heavy atom. The molecule has 11 aromatic carbocycles. The van der Waals surface area contributed by atoms with Crippen molar-refractivity contribution in [3.05, 3.63) is 315 Å². The molecule has 3 aliphatic heterocycles. The van der Waals surface area contributed by atoms with E-state index in [4.69, 9.17) is 6.58 Å². The summed E-state index contributed by atoms with van der Waals surface area (Å²) in [5.41, 5.74) is 12.6. The molecule has 12 aromatic rings. The van der Waals surface area contributed by atoms with Gasteiger partial charge in [0.25, 0.3) is 0 Å². The SMILES string of the molecule is C=C1/C=C(N2c3ccccc3[Si](c3ccccc3)(c3ccccc3)c3ccccc32)\C=C(\n2c3ccccc3c3ccccc32)CSc2ccc(N3c4ccccc4[Si](c4ccccc4)(c4ccccc4)c4ccccc43)cc21. The fourth-order valence-corrected chi connectivity index (χ4v) is 24.8. The first-order valence-electron chi connectivity index (χ1n) is 27.2. The van der Waals surface area contributed by atoms with Crippen LogP contribution in [0.4, 0.5) is 28.4 Å². The average molecular weight is 1060 g/mol. The van der Waals surface area contributed by atoms with Crippen molar-refractivity contribution in [2.45, 2.75) is 4.90 Å². The Morgan fingerprint density at radius 2 is 0.722 bits per heavy atom. The van der Waals surface area contributed by atoms with Crippen LogP contribution in [0, 0.1) is 0 Å². The lowest BCUT2D eigenvalue weighted by Crippen LogP contribution is -2.77. The molecule has 0 radical (unpaired) electrons. The van der Waals surface area contributed by atoms with E-state index in [2.05, 4.69) is 312 Å². The Hall–Kier alpha value is -9.18. The van der Waals surface area contributed by atoms with Gasteiger partial charge in [0.2, 0.25) is 0 Å². The van der Waals surface area contributed by atoms with Crippen molar-refractivity contribution in [1.82, 2.24) is 4.57 Å². The van der Waals surface area contributed by atoms with Gasteiger partial charge in [-0.05, 0) is 119 Å². The van der Waals surface area contributed by atoms with E-state index in [-0.39, 0.29) is 0 Å². The molecule has 0 aliphatic carbocycles. The van der Waals surface area contributed by atoms with Crippen LogP contribution in [0.15, 0.2) is 314 Å². The van der Waals surface area contributed by atoms with Crippen LogP contribution in [0.1, 0.15) is 5.56 Å². The Labute approximate surface area is 468 Å². The van der Waals surface area contributed by atoms with Crippen molar-refractivity contribution in [3.63, 3.8) is 0 Å². The second-order valence-electron chi connectivity index (χ2n) is 20.8. The third-order valence-corrected chi connectivity index (χ3v) is 27.6. The summed E-state index contributed by atoms with van der Waals surface area (Å²) in [6.45, 7) is 5.09. The number of nitrogens with zero attached hydrogens (tertiary/aromatic N) is 3. The van der Waals surface area contributed by atoms with Crippen LogP contribution >= 0.6 is 11.8 Å². The van der Waals surface area contributed by atoms with Crippen molar-refractivity contribution >= 4 is 131 Å². The zero-order chi connectivity index (χ0) is 52.5. The maximum Gasteiger partial charge on any atom is 0.184 e. The molecule has 0 saturated heterocycles. The average Bonchev–Trinajstić information content (AvgIpc) is 4.02. The Balaban J connectivity index is 0.963. The van der Waals surface area contributed by atoms with Crippen molar-refractivity contribution < 1.29 is 0 Å². The van der Waals surface area contributed by atoms with Gasteiger partial charge in [-0.3, -0.25) is 0 Å². The minimum absolute atomic E-state index is 0.709. The first-order chi connectivity index (χ1) is 39.1. The summed E-state index contributed by atoms with van der Waals surface area (Å²) in [4.78, 5) is 6.26. The summed E-state index contributed by atoms with van der Waals surface area (Å²) >= 11 is 1.89. The molecule has 0 unspecified atom stereocenters. The number of benzene rings is 11. The first kappa shape index (κ1) is 47.1. The molecule has 3 aliphatic rings. The molecule has 0 bridgehead atoms. The van der Waals surface area contributed by atoms with Crippen LogP contribution in [-0.2, 0) is 0 Å². The van der Waals surface area contributed by atoms with Crippen LogP contribution in [0.5, 0.6) is 0 Å². The number of anilines is 5. The predicted octanol–water partition coefficient (Wildman–Crippen LogP) is 13.0. The van der Waals surface area contributed by atoms with E-state index in [1.54, 1.807) is 0 Å². The van der Waals surface area contributed by atoms with Gasteiger partial charge in [0.1, 0.15) is 0 Å². The molecule has 0 spiro atoms. The Bertz CT molecular complexity index is 4180. The summed E-state index contributed by atoms with van der Waals surface area (Å²) in [7, 11) is -5.71. The molecule has 3 nitrogen and oxygen atoms in total. The molecule has 0 saturated carbocycles. The van der Waals surface area contributed by atoms with E-state index in [1.165, 1.54) is 96.6 Å². The lowest BCUT2D eigenvalue weighted by molar-refractivity contribution is 1.17. The zero-order valence-corrected chi connectivity index (χ0v) is 46.3. The van der Waals surface area contributed by atoms with Crippen molar-refractivity contribution in [3.8, 4) is 0 Å². The van der Waals surface area contributed by atoms with Gasteiger partial charge in [0.05, 0.1) is 11.0 Å². The molecule has 4 heterocycles. The van der Waals surface area contributed by atoms with Gasteiger partial charge >= 0.3 is 0 Å². The maximum absolute atomic E-state index is 5.09.